The topological polar surface area (TPSA) is 32.3 Å². The number of urea groups is 1. The number of amides is 2. The smallest absolute Gasteiger partial charge is 0.322 e. The quantitative estimate of drug-likeness (QED) is 0.856. The highest BCUT2D eigenvalue weighted by Gasteiger charge is 2.30. The Morgan fingerprint density at radius 3 is 2.83 bits per heavy atom. The number of para-hydroxylation sites is 1. The van der Waals surface area contributed by atoms with Crippen molar-refractivity contribution in [1.82, 2.24) is 5.32 Å². The van der Waals surface area contributed by atoms with Crippen molar-refractivity contribution >= 4 is 34.9 Å². The largest absolute Gasteiger partial charge is 0.337 e. The summed E-state index contributed by atoms with van der Waals surface area (Å²) in [7, 11) is 0. The highest BCUT2D eigenvalue weighted by atomic mass is 35.5. The van der Waals surface area contributed by atoms with E-state index in [0.717, 1.165) is 17.7 Å². The molecule has 0 saturated heterocycles. The number of hydrogen-bond donors (Lipinski definition) is 1. The standard InChI is InChI=1S/C18H18Cl2N2O/c1-12-10-14-4-2-3-5-17(14)22(12)18(23)21-9-8-13-6-7-15(19)11-16(13)20/h2-7,11-12H,8-10H2,1H3,(H,21,23). The fourth-order valence-corrected chi connectivity index (χ4v) is 3.49. The molecule has 2 aromatic rings. The van der Waals surface area contributed by atoms with E-state index in [-0.39, 0.29) is 12.1 Å². The molecule has 1 aliphatic heterocycles. The van der Waals surface area contributed by atoms with E-state index in [0.29, 0.717) is 23.0 Å². The van der Waals surface area contributed by atoms with Crippen LogP contribution in [0.1, 0.15) is 18.1 Å². The first-order chi connectivity index (χ1) is 11.1. The fraction of sp³-hybridized carbons (Fsp3) is 0.278. The first kappa shape index (κ1) is 16.2. The van der Waals surface area contributed by atoms with Gasteiger partial charge in [0, 0.05) is 28.3 Å². The molecule has 3 nitrogen and oxygen atoms in total. The molecule has 0 spiro atoms. The third kappa shape index (κ3) is 3.46. The predicted molar refractivity (Wildman–Crippen MR) is 95.7 cm³/mol. The Labute approximate surface area is 146 Å². The van der Waals surface area contributed by atoms with Crippen LogP contribution in [-0.2, 0) is 12.8 Å². The number of hydrogen-bond acceptors (Lipinski definition) is 1. The first-order valence-corrected chi connectivity index (χ1v) is 8.41. The Balaban J connectivity index is 1.62. The third-order valence-corrected chi connectivity index (χ3v) is 4.70. The van der Waals surface area contributed by atoms with E-state index in [2.05, 4.69) is 18.3 Å². The summed E-state index contributed by atoms with van der Waals surface area (Å²) in [4.78, 5) is 14.3. The number of fused-ring (bicyclic) bond motifs is 1. The molecule has 1 atom stereocenters. The summed E-state index contributed by atoms with van der Waals surface area (Å²) in [5, 5.41) is 4.23. The van der Waals surface area contributed by atoms with E-state index in [9.17, 15) is 4.79 Å². The molecule has 23 heavy (non-hydrogen) atoms. The number of anilines is 1. The van der Waals surface area contributed by atoms with Gasteiger partial charge in [-0.1, -0.05) is 47.5 Å². The zero-order valence-corrected chi connectivity index (χ0v) is 14.4. The van der Waals surface area contributed by atoms with Crippen LogP contribution in [0.2, 0.25) is 10.0 Å². The zero-order chi connectivity index (χ0) is 16.4. The summed E-state index contributed by atoms with van der Waals surface area (Å²) < 4.78 is 0. The Morgan fingerprint density at radius 1 is 1.26 bits per heavy atom. The first-order valence-electron chi connectivity index (χ1n) is 7.65. The molecular formula is C18H18Cl2N2O. The molecule has 1 N–H and O–H groups in total. The third-order valence-electron chi connectivity index (χ3n) is 4.11. The summed E-state index contributed by atoms with van der Waals surface area (Å²) in [6.07, 6.45) is 1.57. The van der Waals surface area contributed by atoms with Crippen LogP contribution in [0.5, 0.6) is 0 Å². The number of rotatable bonds is 3. The maximum absolute atomic E-state index is 12.5. The van der Waals surface area contributed by atoms with Gasteiger partial charge < -0.3 is 5.32 Å². The summed E-state index contributed by atoms with van der Waals surface area (Å²) in [6, 6.07) is 13.6. The lowest BCUT2D eigenvalue weighted by molar-refractivity contribution is 0.245. The van der Waals surface area contributed by atoms with Crippen molar-refractivity contribution < 1.29 is 4.79 Å². The van der Waals surface area contributed by atoms with Crippen LogP contribution >= 0.6 is 23.2 Å². The molecule has 3 rings (SSSR count). The van der Waals surface area contributed by atoms with E-state index in [1.165, 1.54) is 5.56 Å². The molecule has 2 aromatic carbocycles. The number of carbonyl (C=O) groups excluding carboxylic acids is 1. The van der Waals surface area contributed by atoms with E-state index in [1.54, 1.807) is 6.07 Å². The van der Waals surface area contributed by atoms with E-state index >= 15 is 0 Å². The lowest BCUT2D eigenvalue weighted by Gasteiger charge is -2.23. The zero-order valence-electron chi connectivity index (χ0n) is 12.9. The van der Waals surface area contributed by atoms with Gasteiger partial charge in [0.05, 0.1) is 0 Å². The summed E-state index contributed by atoms with van der Waals surface area (Å²) in [5.41, 5.74) is 3.20. The summed E-state index contributed by atoms with van der Waals surface area (Å²) in [6.45, 7) is 2.60. The van der Waals surface area contributed by atoms with Gasteiger partial charge in [0.1, 0.15) is 0 Å². The minimum Gasteiger partial charge on any atom is -0.337 e. The Kier molecular flexibility index (Phi) is 4.79. The number of halogens is 2. The van der Waals surface area contributed by atoms with Crippen molar-refractivity contribution in [2.24, 2.45) is 0 Å². The summed E-state index contributed by atoms with van der Waals surface area (Å²) in [5.74, 6) is 0. The molecule has 0 aliphatic carbocycles. The average molecular weight is 349 g/mol. The van der Waals surface area contributed by atoms with Gasteiger partial charge in [0.25, 0.3) is 0 Å². The molecule has 1 heterocycles. The van der Waals surface area contributed by atoms with Crippen molar-refractivity contribution in [3.8, 4) is 0 Å². The lowest BCUT2D eigenvalue weighted by atomic mass is 10.1. The van der Waals surface area contributed by atoms with Gasteiger partial charge in [-0.2, -0.15) is 0 Å². The van der Waals surface area contributed by atoms with E-state index in [1.807, 2.05) is 35.2 Å². The van der Waals surface area contributed by atoms with Crippen LogP contribution in [0, 0.1) is 0 Å². The van der Waals surface area contributed by atoms with Crippen molar-refractivity contribution in [2.75, 3.05) is 11.4 Å². The van der Waals surface area contributed by atoms with Crippen LogP contribution in [-0.4, -0.2) is 18.6 Å². The molecule has 0 fully saturated rings. The van der Waals surface area contributed by atoms with Crippen LogP contribution in [0.3, 0.4) is 0 Å². The summed E-state index contributed by atoms with van der Waals surface area (Å²) >= 11 is 12.0. The maximum atomic E-state index is 12.5. The molecule has 120 valence electrons. The Hall–Kier alpha value is -1.71. The van der Waals surface area contributed by atoms with Gasteiger partial charge in [0.2, 0.25) is 0 Å². The minimum absolute atomic E-state index is 0.0625. The van der Waals surface area contributed by atoms with Crippen LogP contribution in [0.15, 0.2) is 42.5 Å². The molecule has 5 heteroatoms. The van der Waals surface area contributed by atoms with E-state index < -0.39 is 0 Å². The monoisotopic (exact) mass is 348 g/mol. The molecule has 1 aliphatic rings. The Bertz CT molecular complexity index is 733. The second kappa shape index (κ2) is 6.81. The fourth-order valence-electron chi connectivity index (χ4n) is 2.99. The predicted octanol–water partition coefficient (Wildman–Crippen LogP) is 4.70. The lowest BCUT2D eigenvalue weighted by Crippen LogP contribution is -2.43. The number of carbonyl (C=O) groups is 1. The molecule has 2 amide bonds. The van der Waals surface area contributed by atoms with Gasteiger partial charge in [0.15, 0.2) is 0 Å². The van der Waals surface area contributed by atoms with Crippen molar-refractivity contribution in [2.45, 2.75) is 25.8 Å². The normalized spacial score (nSPS) is 16.3. The number of nitrogens with one attached hydrogen (secondary N) is 1. The number of benzene rings is 2. The highest BCUT2D eigenvalue weighted by Crippen LogP contribution is 2.31. The van der Waals surface area contributed by atoms with Crippen molar-refractivity contribution in [3.05, 3.63) is 63.6 Å². The minimum atomic E-state index is -0.0625. The van der Waals surface area contributed by atoms with Crippen molar-refractivity contribution in [3.63, 3.8) is 0 Å². The number of nitrogens with zero attached hydrogens (tertiary/aromatic N) is 1. The molecule has 0 saturated carbocycles. The average Bonchev–Trinajstić information content (AvgIpc) is 2.85. The molecule has 0 radical (unpaired) electrons. The second-order valence-electron chi connectivity index (χ2n) is 5.77. The molecule has 0 aromatic heterocycles. The van der Waals surface area contributed by atoms with E-state index in [4.69, 9.17) is 23.2 Å². The van der Waals surface area contributed by atoms with Gasteiger partial charge >= 0.3 is 6.03 Å². The maximum Gasteiger partial charge on any atom is 0.322 e. The van der Waals surface area contributed by atoms with Gasteiger partial charge in [-0.05, 0) is 49.1 Å². The van der Waals surface area contributed by atoms with Crippen LogP contribution in [0.4, 0.5) is 10.5 Å². The highest BCUT2D eigenvalue weighted by molar-refractivity contribution is 6.35. The molecule has 0 bridgehead atoms. The van der Waals surface area contributed by atoms with Gasteiger partial charge in [-0.15, -0.1) is 0 Å². The second-order valence-corrected chi connectivity index (χ2v) is 6.61. The molecular weight excluding hydrogens is 331 g/mol. The molecule has 1 unspecified atom stereocenters. The Morgan fingerprint density at radius 2 is 2.04 bits per heavy atom. The van der Waals surface area contributed by atoms with Crippen molar-refractivity contribution in [1.29, 1.82) is 0 Å². The van der Waals surface area contributed by atoms with Crippen LogP contribution < -0.4 is 10.2 Å². The van der Waals surface area contributed by atoms with Gasteiger partial charge in [-0.25, -0.2) is 4.79 Å². The SMILES string of the molecule is CC1Cc2ccccc2N1C(=O)NCCc1ccc(Cl)cc1Cl. The van der Waals surface area contributed by atoms with Gasteiger partial charge in [-0.3, -0.25) is 4.90 Å². The van der Waals surface area contributed by atoms with Crippen LogP contribution in [0.25, 0.3) is 0 Å².